The molecule has 2 atom stereocenters. The molecule has 0 saturated carbocycles. The van der Waals surface area contributed by atoms with Gasteiger partial charge in [-0.05, 0) is 26.7 Å². The number of aryl methyl sites for hydroxylation is 2. The van der Waals surface area contributed by atoms with Crippen molar-refractivity contribution in [1.82, 2.24) is 4.98 Å². The van der Waals surface area contributed by atoms with E-state index in [1.54, 1.807) is 11.3 Å². The van der Waals surface area contributed by atoms with Crippen LogP contribution >= 0.6 is 11.3 Å². The lowest BCUT2D eigenvalue weighted by atomic mass is 9.94. The summed E-state index contributed by atoms with van der Waals surface area (Å²) in [6, 6.07) is 0. The average Bonchev–Trinajstić information content (AvgIpc) is 2.73. The van der Waals surface area contributed by atoms with E-state index in [1.807, 2.05) is 6.92 Å². The van der Waals surface area contributed by atoms with E-state index >= 15 is 0 Å². The standard InChI is InChI=1S/C11H18N2OS/c1-4-9-7(2)15-10(13-9)11(12)5-6-14-8(11)3/h8H,4-6,12H2,1-3H3. The first-order valence-corrected chi connectivity index (χ1v) is 6.27. The van der Waals surface area contributed by atoms with Crippen molar-refractivity contribution < 1.29 is 4.74 Å². The highest BCUT2D eigenvalue weighted by Gasteiger charge is 2.42. The number of thiazole rings is 1. The summed E-state index contributed by atoms with van der Waals surface area (Å²) < 4.78 is 5.55. The lowest BCUT2D eigenvalue weighted by Crippen LogP contribution is -2.42. The Kier molecular flexibility index (Phi) is 2.83. The molecule has 1 aliphatic rings. The third-order valence-corrected chi connectivity index (χ3v) is 4.44. The molecule has 2 N–H and O–H groups in total. The van der Waals surface area contributed by atoms with Gasteiger partial charge in [0.1, 0.15) is 5.01 Å². The summed E-state index contributed by atoms with van der Waals surface area (Å²) in [7, 11) is 0. The second-order valence-electron chi connectivity index (χ2n) is 4.18. The zero-order chi connectivity index (χ0) is 11.1. The van der Waals surface area contributed by atoms with Gasteiger partial charge >= 0.3 is 0 Å². The van der Waals surface area contributed by atoms with Gasteiger partial charge in [-0.25, -0.2) is 4.98 Å². The molecule has 1 fully saturated rings. The molecule has 0 radical (unpaired) electrons. The molecule has 15 heavy (non-hydrogen) atoms. The molecule has 0 bridgehead atoms. The van der Waals surface area contributed by atoms with Gasteiger partial charge in [0.15, 0.2) is 0 Å². The van der Waals surface area contributed by atoms with Crippen LogP contribution in [0.2, 0.25) is 0 Å². The van der Waals surface area contributed by atoms with Gasteiger partial charge in [-0.3, -0.25) is 0 Å². The summed E-state index contributed by atoms with van der Waals surface area (Å²) in [4.78, 5) is 5.93. The van der Waals surface area contributed by atoms with Gasteiger partial charge in [0.2, 0.25) is 0 Å². The normalized spacial score (nSPS) is 31.1. The van der Waals surface area contributed by atoms with Gasteiger partial charge in [0, 0.05) is 11.5 Å². The minimum Gasteiger partial charge on any atom is -0.376 e. The second-order valence-corrected chi connectivity index (χ2v) is 5.38. The third-order valence-electron chi connectivity index (χ3n) is 3.23. The summed E-state index contributed by atoms with van der Waals surface area (Å²) in [5.74, 6) is 0. The molecule has 0 aliphatic carbocycles. The molecule has 2 rings (SSSR count). The van der Waals surface area contributed by atoms with E-state index in [-0.39, 0.29) is 11.6 Å². The van der Waals surface area contributed by atoms with Crippen molar-refractivity contribution >= 4 is 11.3 Å². The Labute approximate surface area is 94.7 Å². The first-order chi connectivity index (χ1) is 7.08. The van der Waals surface area contributed by atoms with Crippen LogP contribution < -0.4 is 5.73 Å². The molecular weight excluding hydrogens is 208 g/mol. The summed E-state index contributed by atoms with van der Waals surface area (Å²) in [5.41, 5.74) is 7.21. The predicted molar refractivity (Wildman–Crippen MR) is 62.1 cm³/mol. The van der Waals surface area contributed by atoms with Crippen molar-refractivity contribution in [3.63, 3.8) is 0 Å². The summed E-state index contributed by atoms with van der Waals surface area (Å²) in [6.07, 6.45) is 1.94. The Bertz CT molecular complexity index is 363. The zero-order valence-electron chi connectivity index (χ0n) is 9.54. The van der Waals surface area contributed by atoms with Crippen LogP contribution in [-0.4, -0.2) is 17.7 Å². The van der Waals surface area contributed by atoms with Crippen molar-refractivity contribution in [2.45, 2.75) is 45.3 Å². The van der Waals surface area contributed by atoms with Crippen LogP contribution in [0.4, 0.5) is 0 Å². The van der Waals surface area contributed by atoms with Crippen molar-refractivity contribution in [2.24, 2.45) is 5.73 Å². The fraction of sp³-hybridized carbons (Fsp3) is 0.727. The van der Waals surface area contributed by atoms with Gasteiger partial charge < -0.3 is 10.5 Å². The van der Waals surface area contributed by atoms with E-state index in [0.717, 1.165) is 24.5 Å². The Hall–Kier alpha value is -0.450. The summed E-state index contributed by atoms with van der Waals surface area (Å²) in [5, 5.41) is 1.04. The third kappa shape index (κ3) is 1.71. The first kappa shape index (κ1) is 11.0. The van der Waals surface area contributed by atoms with Crippen LogP contribution in [0.5, 0.6) is 0 Å². The molecule has 4 heteroatoms. The lowest BCUT2D eigenvalue weighted by molar-refractivity contribution is 0.0950. The Morgan fingerprint density at radius 3 is 2.87 bits per heavy atom. The number of hydrogen-bond acceptors (Lipinski definition) is 4. The topological polar surface area (TPSA) is 48.1 Å². The van der Waals surface area contributed by atoms with Gasteiger partial charge in [0.05, 0.1) is 17.3 Å². The molecule has 1 aromatic rings. The number of nitrogens with zero attached hydrogens (tertiary/aromatic N) is 1. The molecule has 0 spiro atoms. The molecule has 0 aromatic carbocycles. The second kappa shape index (κ2) is 3.85. The quantitative estimate of drug-likeness (QED) is 0.838. The predicted octanol–water partition coefficient (Wildman–Crippen LogP) is 1.98. The molecule has 1 aliphatic heterocycles. The van der Waals surface area contributed by atoms with E-state index in [0.29, 0.717) is 0 Å². The fourth-order valence-electron chi connectivity index (χ4n) is 1.99. The van der Waals surface area contributed by atoms with Crippen LogP contribution in [0.1, 0.15) is 35.8 Å². The fourth-order valence-corrected chi connectivity index (χ4v) is 3.20. The first-order valence-electron chi connectivity index (χ1n) is 5.45. The highest BCUT2D eigenvalue weighted by Crippen LogP contribution is 2.36. The molecule has 3 nitrogen and oxygen atoms in total. The maximum atomic E-state index is 6.38. The Balaban J connectivity index is 2.36. The average molecular weight is 226 g/mol. The minimum absolute atomic E-state index is 0.0766. The molecule has 1 aromatic heterocycles. The number of rotatable bonds is 2. The van der Waals surface area contributed by atoms with E-state index < -0.39 is 0 Å². The van der Waals surface area contributed by atoms with Crippen LogP contribution in [0.15, 0.2) is 0 Å². The van der Waals surface area contributed by atoms with Gasteiger partial charge in [0.25, 0.3) is 0 Å². The molecule has 84 valence electrons. The van der Waals surface area contributed by atoms with Gasteiger partial charge in [-0.15, -0.1) is 11.3 Å². The van der Waals surface area contributed by atoms with Crippen molar-refractivity contribution in [3.8, 4) is 0 Å². The number of nitrogens with two attached hydrogens (primary N) is 1. The van der Waals surface area contributed by atoms with Crippen LogP contribution in [0.3, 0.4) is 0 Å². The van der Waals surface area contributed by atoms with Crippen molar-refractivity contribution in [3.05, 3.63) is 15.6 Å². The largest absolute Gasteiger partial charge is 0.376 e. The highest BCUT2D eigenvalue weighted by atomic mass is 32.1. The van der Waals surface area contributed by atoms with Crippen LogP contribution in [-0.2, 0) is 16.7 Å². The van der Waals surface area contributed by atoms with Gasteiger partial charge in [-0.1, -0.05) is 6.92 Å². The molecular formula is C11H18N2OS. The lowest BCUT2D eigenvalue weighted by Gasteiger charge is -2.24. The maximum absolute atomic E-state index is 6.38. The number of hydrogen-bond donors (Lipinski definition) is 1. The van der Waals surface area contributed by atoms with E-state index in [4.69, 9.17) is 10.5 Å². The smallest absolute Gasteiger partial charge is 0.116 e. The molecule has 2 heterocycles. The van der Waals surface area contributed by atoms with E-state index in [1.165, 1.54) is 10.6 Å². The van der Waals surface area contributed by atoms with Crippen LogP contribution in [0.25, 0.3) is 0 Å². The Morgan fingerprint density at radius 2 is 2.40 bits per heavy atom. The summed E-state index contributed by atoms with van der Waals surface area (Å²) >= 11 is 1.72. The molecule has 1 saturated heterocycles. The molecule has 0 amide bonds. The van der Waals surface area contributed by atoms with Crippen molar-refractivity contribution in [1.29, 1.82) is 0 Å². The molecule has 2 unspecified atom stereocenters. The van der Waals surface area contributed by atoms with E-state index in [2.05, 4.69) is 18.8 Å². The Morgan fingerprint density at radius 1 is 1.67 bits per heavy atom. The highest BCUT2D eigenvalue weighted by molar-refractivity contribution is 7.11. The maximum Gasteiger partial charge on any atom is 0.116 e. The van der Waals surface area contributed by atoms with Crippen molar-refractivity contribution in [2.75, 3.05) is 6.61 Å². The minimum atomic E-state index is -0.358. The summed E-state index contributed by atoms with van der Waals surface area (Å²) in [6.45, 7) is 7.03. The number of aromatic nitrogens is 1. The van der Waals surface area contributed by atoms with Gasteiger partial charge in [-0.2, -0.15) is 0 Å². The SMILES string of the molecule is CCc1nc(C2(N)CCOC2C)sc1C. The number of ether oxygens (including phenoxy) is 1. The van der Waals surface area contributed by atoms with Crippen LogP contribution in [0, 0.1) is 6.92 Å². The zero-order valence-corrected chi connectivity index (χ0v) is 10.4. The van der Waals surface area contributed by atoms with E-state index in [9.17, 15) is 0 Å². The monoisotopic (exact) mass is 226 g/mol.